The summed E-state index contributed by atoms with van der Waals surface area (Å²) in [7, 11) is 0. The third-order valence-corrected chi connectivity index (χ3v) is 2.24. The van der Waals surface area contributed by atoms with Crippen molar-refractivity contribution >= 4 is 24.0 Å². The SMILES string of the molecule is C1C[C@@H]2CC1CN2.I. The van der Waals surface area contributed by atoms with E-state index in [9.17, 15) is 0 Å². The largest absolute Gasteiger partial charge is 0.314 e. The van der Waals surface area contributed by atoms with Crippen molar-refractivity contribution < 1.29 is 0 Å². The Bertz CT molecular complexity index is 66.6. The lowest BCUT2D eigenvalue weighted by Crippen LogP contribution is -2.23. The Kier molecular flexibility index (Phi) is 2.14. The first-order valence-electron chi connectivity index (χ1n) is 3.18. The van der Waals surface area contributed by atoms with Gasteiger partial charge in [-0.05, 0) is 31.7 Å². The number of hydrogen-bond donors (Lipinski definition) is 1. The van der Waals surface area contributed by atoms with Gasteiger partial charge in [-0.2, -0.15) is 0 Å². The van der Waals surface area contributed by atoms with E-state index in [2.05, 4.69) is 5.32 Å². The van der Waals surface area contributed by atoms with Crippen molar-refractivity contribution in [3.63, 3.8) is 0 Å². The first kappa shape index (κ1) is 6.81. The summed E-state index contributed by atoms with van der Waals surface area (Å²) in [6, 6.07) is 0.921. The third kappa shape index (κ3) is 1.00. The highest BCUT2D eigenvalue weighted by atomic mass is 127. The zero-order valence-electron chi connectivity index (χ0n) is 4.89. The van der Waals surface area contributed by atoms with Crippen LogP contribution in [0, 0.1) is 5.92 Å². The lowest BCUT2D eigenvalue weighted by Gasteiger charge is -2.08. The molecule has 0 amide bonds. The van der Waals surface area contributed by atoms with E-state index in [1.54, 1.807) is 0 Å². The van der Waals surface area contributed by atoms with E-state index in [0.29, 0.717) is 0 Å². The molecule has 2 rings (SSSR count). The molecule has 1 saturated carbocycles. The van der Waals surface area contributed by atoms with Crippen LogP contribution in [0.3, 0.4) is 0 Å². The molecule has 1 aliphatic heterocycles. The fraction of sp³-hybridized carbons (Fsp3) is 1.00. The summed E-state index contributed by atoms with van der Waals surface area (Å²) in [4.78, 5) is 0. The average molecular weight is 225 g/mol. The topological polar surface area (TPSA) is 12.0 Å². The van der Waals surface area contributed by atoms with Gasteiger partial charge in [0.05, 0.1) is 0 Å². The van der Waals surface area contributed by atoms with Crippen LogP contribution in [0.25, 0.3) is 0 Å². The zero-order chi connectivity index (χ0) is 4.69. The van der Waals surface area contributed by atoms with Crippen LogP contribution in [0.5, 0.6) is 0 Å². The Hall–Kier alpha value is 0.690. The maximum absolute atomic E-state index is 3.46. The van der Waals surface area contributed by atoms with Crippen molar-refractivity contribution in [3.8, 4) is 0 Å². The van der Waals surface area contributed by atoms with Gasteiger partial charge in [-0.25, -0.2) is 0 Å². The second-order valence-corrected chi connectivity index (χ2v) is 2.78. The van der Waals surface area contributed by atoms with Gasteiger partial charge >= 0.3 is 0 Å². The summed E-state index contributed by atoms with van der Waals surface area (Å²) in [5, 5.41) is 3.46. The quantitative estimate of drug-likeness (QED) is 0.614. The fourth-order valence-electron chi connectivity index (χ4n) is 1.78. The second kappa shape index (κ2) is 2.52. The molecule has 1 heterocycles. The molecule has 2 atom stereocenters. The van der Waals surface area contributed by atoms with Crippen molar-refractivity contribution in [3.05, 3.63) is 0 Å². The average Bonchev–Trinajstić information content (AvgIpc) is 2.22. The van der Waals surface area contributed by atoms with Crippen LogP contribution in [0.15, 0.2) is 0 Å². The Morgan fingerprint density at radius 3 is 2.25 bits per heavy atom. The second-order valence-electron chi connectivity index (χ2n) is 2.78. The summed E-state index contributed by atoms with van der Waals surface area (Å²) >= 11 is 0. The van der Waals surface area contributed by atoms with Crippen molar-refractivity contribution in [2.45, 2.75) is 25.3 Å². The van der Waals surface area contributed by atoms with Gasteiger partial charge in [0.15, 0.2) is 0 Å². The van der Waals surface area contributed by atoms with Crippen LogP contribution in [0.1, 0.15) is 19.3 Å². The predicted molar refractivity (Wildman–Crippen MR) is 44.5 cm³/mol. The molecule has 1 saturated heterocycles. The van der Waals surface area contributed by atoms with E-state index in [1.807, 2.05) is 0 Å². The molecular weight excluding hydrogens is 213 g/mol. The predicted octanol–water partition coefficient (Wildman–Crippen LogP) is 1.38. The molecule has 1 nitrogen and oxygen atoms in total. The lowest BCUT2D eigenvalue weighted by molar-refractivity contribution is 0.504. The Morgan fingerprint density at radius 1 is 1.25 bits per heavy atom. The first-order valence-corrected chi connectivity index (χ1v) is 3.18. The summed E-state index contributed by atoms with van der Waals surface area (Å²) in [6.07, 6.45) is 4.42. The summed E-state index contributed by atoms with van der Waals surface area (Å²) < 4.78 is 0. The molecule has 0 aromatic carbocycles. The molecule has 2 heteroatoms. The fourth-order valence-corrected chi connectivity index (χ4v) is 1.78. The van der Waals surface area contributed by atoms with E-state index in [4.69, 9.17) is 0 Å². The number of piperidine rings is 1. The molecule has 1 N–H and O–H groups in total. The molecule has 2 fully saturated rings. The van der Waals surface area contributed by atoms with E-state index < -0.39 is 0 Å². The molecule has 1 unspecified atom stereocenters. The first-order chi connectivity index (χ1) is 3.45. The van der Waals surface area contributed by atoms with Gasteiger partial charge < -0.3 is 5.32 Å². The van der Waals surface area contributed by atoms with Crippen LogP contribution in [-0.2, 0) is 0 Å². The molecule has 48 valence electrons. The van der Waals surface area contributed by atoms with E-state index in [1.165, 1.54) is 25.8 Å². The standard InChI is InChI=1S/C6H11N.HI/c1-2-6-3-5(1)4-7-6;/h5-7H,1-4H2;1H/t5?,6-;/m1./s1. The highest BCUT2D eigenvalue weighted by molar-refractivity contribution is 14.0. The molecule has 1 aliphatic carbocycles. The van der Waals surface area contributed by atoms with E-state index >= 15 is 0 Å². The number of rotatable bonds is 0. The van der Waals surface area contributed by atoms with Crippen LogP contribution in [0.2, 0.25) is 0 Å². The van der Waals surface area contributed by atoms with Gasteiger partial charge in [0.25, 0.3) is 0 Å². The molecular formula is C6H12IN. The van der Waals surface area contributed by atoms with Crippen molar-refractivity contribution in [1.29, 1.82) is 0 Å². The molecule has 0 aromatic heterocycles. The van der Waals surface area contributed by atoms with Gasteiger partial charge in [-0.3, -0.25) is 0 Å². The summed E-state index contributed by atoms with van der Waals surface area (Å²) in [5.74, 6) is 1.06. The maximum atomic E-state index is 3.46. The van der Waals surface area contributed by atoms with Crippen LogP contribution >= 0.6 is 24.0 Å². The molecule has 2 aliphatic rings. The van der Waals surface area contributed by atoms with E-state index in [-0.39, 0.29) is 24.0 Å². The number of fused-ring (bicyclic) bond motifs is 2. The minimum absolute atomic E-state index is 0. The van der Waals surface area contributed by atoms with Crippen molar-refractivity contribution in [1.82, 2.24) is 5.32 Å². The molecule has 0 spiro atoms. The molecule has 2 bridgehead atoms. The highest BCUT2D eigenvalue weighted by Crippen LogP contribution is 2.29. The van der Waals surface area contributed by atoms with Crippen LogP contribution in [0.4, 0.5) is 0 Å². The molecule has 8 heavy (non-hydrogen) atoms. The Labute approximate surface area is 67.2 Å². The Balaban J connectivity index is 0.000000320. The van der Waals surface area contributed by atoms with Crippen LogP contribution in [-0.4, -0.2) is 12.6 Å². The van der Waals surface area contributed by atoms with Gasteiger partial charge in [-0.1, -0.05) is 0 Å². The number of halogens is 1. The van der Waals surface area contributed by atoms with Crippen LogP contribution < -0.4 is 5.32 Å². The lowest BCUT2D eigenvalue weighted by atomic mass is 10.1. The highest BCUT2D eigenvalue weighted by Gasteiger charge is 2.30. The van der Waals surface area contributed by atoms with Gasteiger partial charge in [-0.15, -0.1) is 24.0 Å². The molecule has 0 radical (unpaired) electrons. The minimum atomic E-state index is 0. The van der Waals surface area contributed by atoms with E-state index in [0.717, 1.165) is 12.0 Å². The number of hydrogen-bond acceptors (Lipinski definition) is 1. The van der Waals surface area contributed by atoms with Gasteiger partial charge in [0, 0.05) is 6.04 Å². The zero-order valence-corrected chi connectivity index (χ0v) is 7.22. The third-order valence-electron chi connectivity index (χ3n) is 2.24. The molecule has 0 aromatic rings. The normalized spacial score (nSPS) is 42.0. The van der Waals surface area contributed by atoms with Gasteiger partial charge in [0.1, 0.15) is 0 Å². The van der Waals surface area contributed by atoms with Crippen molar-refractivity contribution in [2.75, 3.05) is 6.54 Å². The van der Waals surface area contributed by atoms with Crippen molar-refractivity contribution in [2.24, 2.45) is 5.92 Å². The maximum Gasteiger partial charge on any atom is 0.00704 e. The smallest absolute Gasteiger partial charge is 0.00704 e. The monoisotopic (exact) mass is 225 g/mol. The number of nitrogens with one attached hydrogen (secondary N) is 1. The Morgan fingerprint density at radius 2 is 2.12 bits per heavy atom. The summed E-state index contributed by atoms with van der Waals surface area (Å²) in [6.45, 7) is 1.31. The van der Waals surface area contributed by atoms with Gasteiger partial charge in [0.2, 0.25) is 0 Å². The summed E-state index contributed by atoms with van der Waals surface area (Å²) in [5.41, 5.74) is 0. The minimum Gasteiger partial charge on any atom is -0.314 e.